The van der Waals surface area contributed by atoms with Crippen molar-refractivity contribution in [2.24, 2.45) is 0 Å². The van der Waals surface area contributed by atoms with E-state index in [9.17, 15) is 18.3 Å². The Balaban J connectivity index is 1.74. The van der Waals surface area contributed by atoms with Crippen molar-refractivity contribution in [3.05, 3.63) is 24.7 Å². The molecule has 0 unspecified atom stereocenters. The molecule has 1 saturated heterocycles. The van der Waals surface area contributed by atoms with Gasteiger partial charge in [-0.05, 0) is 19.9 Å². The van der Waals surface area contributed by atoms with E-state index in [1.54, 1.807) is 16.9 Å². The van der Waals surface area contributed by atoms with Gasteiger partial charge in [-0.1, -0.05) is 0 Å². The quantitative estimate of drug-likeness (QED) is 0.495. The fraction of sp³-hybridized carbons (Fsp3) is 0.471. The summed E-state index contributed by atoms with van der Waals surface area (Å²) in [5.74, 6) is -0.268. The van der Waals surface area contributed by atoms with Crippen LogP contribution in [-0.4, -0.2) is 64.1 Å². The van der Waals surface area contributed by atoms with Crippen molar-refractivity contribution in [2.75, 3.05) is 29.6 Å². The molecule has 0 aromatic carbocycles. The SMILES string of the molecule is CC(C)(CNS(C)(=O)=O)n1cc(Nc2nccc(N3CC[C@](O)(C#N)C3=O)n2)cn1. The topological polar surface area (TPSA) is 166 Å². The Hall–Kier alpha value is -3.08. The lowest BCUT2D eigenvalue weighted by molar-refractivity contribution is -0.128. The summed E-state index contributed by atoms with van der Waals surface area (Å²) in [6.45, 7) is 3.97. The Bertz CT molecular complexity index is 1110. The van der Waals surface area contributed by atoms with Crippen molar-refractivity contribution < 1.29 is 18.3 Å². The van der Waals surface area contributed by atoms with Crippen molar-refractivity contribution in [1.29, 1.82) is 5.26 Å². The number of carbonyl (C=O) groups is 1. The molecule has 12 nitrogen and oxygen atoms in total. The van der Waals surface area contributed by atoms with Gasteiger partial charge in [0.1, 0.15) is 11.9 Å². The highest BCUT2D eigenvalue weighted by Gasteiger charge is 2.46. The van der Waals surface area contributed by atoms with Gasteiger partial charge in [-0.25, -0.2) is 18.1 Å². The van der Waals surface area contributed by atoms with Crippen LogP contribution in [0.15, 0.2) is 24.7 Å². The standard InChI is InChI=1S/C17H22N8O4S/c1-16(2,11-21-30(3,28)29)25-9-12(8-20-25)22-15-19-6-4-13(23-15)24-7-5-17(27,10-18)14(24)26/h4,6,8-9,21,27H,5,7,11H2,1-3H3,(H,19,22,23)/t17-/m0/s1. The van der Waals surface area contributed by atoms with E-state index >= 15 is 0 Å². The summed E-state index contributed by atoms with van der Waals surface area (Å²) in [4.78, 5) is 21.9. The van der Waals surface area contributed by atoms with Gasteiger partial charge >= 0.3 is 0 Å². The van der Waals surface area contributed by atoms with Crippen LogP contribution < -0.4 is 14.9 Å². The highest BCUT2D eigenvalue weighted by molar-refractivity contribution is 7.88. The smallest absolute Gasteiger partial charge is 0.275 e. The predicted molar refractivity (Wildman–Crippen MR) is 107 cm³/mol. The second kappa shape index (κ2) is 7.63. The van der Waals surface area contributed by atoms with Crippen molar-refractivity contribution in [3.63, 3.8) is 0 Å². The zero-order chi connectivity index (χ0) is 22.2. The van der Waals surface area contributed by atoms with Gasteiger partial charge in [-0.2, -0.15) is 15.3 Å². The molecule has 0 saturated carbocycles. The lowest BCUT2D eigenvalue weighted by Gasteiger charge is -2.25. The molecule has 160 valence electrons. The summed E-state index contributed by atoms with van der Waals surface area (Å²) in [5.41, 5.74) is -2.11. The molecule has 3 N–H and O–H groups in total. The molecule has 1 atom stereocenters. The maximum absolute atomic E-state index is 12.3. The van der Waals surface area contributed by atoms with E-state index in [1.807, 2.05) is 13.8 Å². The number of aromatic nitrogens is 4. The molecule has 1 amide bonds. The predicted octanol–water partition coefficient (Wildman–Crippen LogP) is -0.308. The van der Waals surface area contributed by atoms with Gasteiger partial charge in [0.15, 0.2) is 0 Å². The maximum Gasteiger partial charge on any atom is 0.275 e. The van der Waals surface area contributed by atoms with Crippen molar-refractivity contribution in [3.8, 4) is 6.07 Å². The Kier molecular flexibility index (Phi) is 5.50. The molecule has 1 fully saturated rings. The van der Waals surface area contributed by atoms with E-state index in [0.717, 1.165) is 6.26 Å². The lowest BCUT2D eigenvalue weighted by Crippen LogP contribution is -2.40. The van der Waals surface area contributed by atoms with Crippen LogP contribution in [0.25, 0.3) is 0 Å². The number of aliphatic hydroxyl groups is 1. The number of hydrogen-bond donors (Lipinski definition) is 3. The second-order valence-corrected chi connectivity index (χ2v) is 9.45. The van der Waals surface area contributed by atoms with E-state index < -0.39 is 27.1 Å². The lowest BCUT2D eigenvalue weighted by atomic mass is 10.1. The molecule has 3 rings (SSSR count). The van der Waals surface area contributed by atoms with Crippen molar-refractivity contribution in [2.45, 2.75) is 31.4 Å². The first-order chi connectivity index (χ1) is 13.9. The molecule has 0 spiro atoms. The Morgan fingerprint density at radius 3 is 2.80 bits per heavy atom. The second-order valence-electron chi connectivity index (χ2n) is 7.62. The first-order valence-electron chi connectivity index (χ1n) is 8.99. The molecule has 0 bridgehead atoms. The molecule has 0 aliphatic carbocycles. The monoisotopic (exact) mass is 434 g/mol. The largest absolute Gasteiger partial charge is 0.368 e. The number of nitrogens with zero attached hydrogens (tertiary/aromatic N) is 6. The average Bonchev–Trinajstić information content (AvgIpc) is 3.26. The third-order valence-electron chi connectivity index (χ3n) is 4.62. The molecule has 30 heavy (non-hydrogen) atoms. The number of sulfonamides is 1. The third kappa shape index (κ3) is 4.56. The normalized spacial score (nSPS) is 19.7. The summed E-state index contributed by atoms with van der Waals surface area (Å²) < 4.78 is 26.8. The van der Waals surface area contributed by atoms with Crippen molar-refractivity contribution >= 4 is 33.4 Å². The summed E-state index contributed by atoms with van der Waals surface area (Å²) in [6.07, 6.45) is 5.75. The number of nitrogens with one attached hydrogen (secondary N) is 2. The molecule has 1 aliphatic rings. The van der Waals surface area contributed by atoms with E-state index in [2.05, 4.69) is 25.1 Å². The van der Waals surface area contributed by atoms with Gasteiger partial charge in [-0.3, -0.25) is 14.4 Å². The average molecular weight is 434 g/mol. The third-order valence-corrected chi connectivity index (χ3v) is 5.29. The van der Waals surface area contributed by atoms with Gasteiger partial charge in [0.2, 0.25) is 21.6 Å². The molecular formula is C17H22N8O4S. The first kappa shape index (κ1) is 21.6. The minimum atomic E-state index is -3.33. The highest BCUT2D eigenvalue weighted by Crippen LogP contribution is 2.27. The maximum atomic E-state index is 12.3. The molecule has 13 heteroatoms. The number of anilines is 3. The Labute approximate surface area is 173 Å². The number of nitriles is 1. The Morgan fingerprint density at radius 1 is 1.43 bits per heavy atom. The summed E-state index contributed by atoms with van der Waals surface area (Å²) in [6, 6.07) is 3.14. The minimum Gasteiger partial charge on any atom is -0.368 e. The van der Waals surface area contributed by atoms with Crippen LogP contribution in [0.1, 0.15) is 20.3 Å². The van der Waals surface area contributed by atoms with Crippen LogP contribution >= 0.6 is 0 Å². The molecule has 2 aromatic heterocycles. The fourth-order valence-corrected chi connectivity index (χ4v) is 3.44. The van der Waals surface area contributed by atoms with E-state index in [1.165, 1.54) is 23.4 Å². The number of rotatable bonds is 7. The van der Waals surface area contributed by atoms with E-state index in [4.69, 9.17) is 5.26 Å². The first-order valence-corrected chi connectivity index (χ1v) is 10.9. The van der Waals surface area contributed by atoms with Crippen molar-refractivity contribution in [1.82, 2.24) is 24.5 Å². The summed E-state index contributed by atoms with van der Waals surface area (Å²) in [7, 11) is -3.33. The molecule has 0 radical (unpaired) electrons. The zero-order valence-corrected chi connectivity index (χ0v) is 17.5. The van der Waals surface area contributed by atoms with Gasteiger partial charge < -0.3 is 10.4 Å². The number of amides is 1. The highest BCUT2D eigenvalue weighted by atomic mass is 32.2. The minimum absolute atomic E-state index is 0.00152. The van der Waals surface area contributed by atoms with Gasteiger partial charge in [-0.15, -0.1) is 0 Å². The zero-order valence-electron chi connectivity index (χ0n) is 16.7. The van der Waals surface area contributed by atoms with Gasteiger partial charge in [0.25, 0.3) is 5.91 Å². The molecule has 1 aliphatic heterocycles. The van der Waals surface area contributed by atoms with E-state index in [0.29, 0.717) is 5.69 Å². The van der Waals surface area contributed by atoms with Gasteiger partial charge in [0.05, 0.1) is 23.7 Å². The summed E-state index contributed by atoms with van der Waals surface area (Å²) in [5, 5.41) is 26.3. The van der Waals surface area contributed by atoms with Crippen LogP contribution in [0.4, 0.5) is 17.5 Å². The number of hydrogen-bond acceptors (Lipinski definition) is 9. The fourth-order valence-electron chi connectivity index (χ4n) is 2.82. The summed E-state index contributed by atoms with van der Waals surface area (Å²) >= 11 is 0. The molecular weight excluding hydrogens is 412 g/mol. The van der Waals surface area contributed by atoms with Crippen LogP contribution in [-0.2, 0) is 20.4 Å². The van der Waals surface area contributed by atoms with Crippen LogP contribution in [0.3, 0.4) is 0 Å². The molecule has 2 aromatic rings. The van der Waals surface area contributed by atoms with Crippen LogP contribution in [0.5, 0.6) is 0 Å². The van der Waals surface area contributed by atoms with Crippen LogP contribution in [0, 0.1) is 11.3 Å². The number of carbonyl (C=O) groups excluding carboxylic acids is 1. The van der Waals surface area contributed by atoms with Crippen LogP contribution in [0.2, 0.25) is 0 Å². The molecule has 3 heterocycles. The van der Waals surface area contributed by atoms with Gasteiger partial charge in [0, 0.05) is 31.9 Å². The van der Waals surface area contributed by atoms with E-state index in [-0.39, 0.29) is 31.3 Å². The Morgan fingerprint density at radius 2 is 2.17 bits per heavy atom.